The maximum Gasteiger partial charge on any atom is 0.0489 e. The molecule has 1 aromatic heterocycles. The van der Waals surface area contributed by atoms with E-state index in [0.29, 0.717) is 5.92 Å². The summed E-state index contributed by atoms with van der Waals surface area (Å²) < 4.78 is 0. The fraction of sp³-hybridized carbons (Fsp3) is 0.545. The van der Waals surface area contributed by atoms with Gasteiger partial charge >= 0.3 is 0 Å². The van der Waals surface area contributed by atoms with E-state index in [2.05, 4.69) is 18.8 Å². The zero-order valence-corrected chi connectivity index (χ0v) is 9.89. The molecule has 0 aromatic carbocycles. The third-order valence-corrected chi connectivity index (χ3v) is 2.69. The van der Waals surface area contributed by atoms with Gasteiger partial charge in [-0.3, -0.25) is 4.98 Å². The van der Waals surface area contributed by atoms with Crippen LogP contribution in [0.1, 0.15) is 36.8 Å². The Balaban J connectivity index is 3.20. The number of hydrogen-bond donors (Lipinski definition) is 1. The Bertz CT molecular complexity index is 311. The summed E-state index contributed by atoms with van der Waals surface area (Å²) in [6.07, 6.45) is 0. The molecule has 0 unspecified atom stereocenters. The monoisotopic (exact) mass is 212 g/mol. The molecule has 0 saturated heterocycles. The van der Waals surface area contributed by atoms with E-state index >= 15 is 0 Å². The van der Waals surface area contributed by atoms with Crippen molar-refractivity contribution in [1.29, 1.82) is 0 Å². The molecule has 0 aliphatic rings. The van der Waals surface area contributed by atoms with Crippen LogP contribution in [-0.4, -0.2) is 4.98 Å². The lowest BCUT2D eigenvalue weighted by molar-refractivity contribution is 0.510. The van der Waals surface area contributed by atoms with Crippen LogP contribution in [0.4, 0.5) is 0 Å². The zero-order valence-electron chi connectivity index (χ0n) is 9.13. The summed E-state index contributed by atoms with van der Waals surface area (Å²) in [4.78, 5) is 4.37. The molecule has 0 saturated carbocycles. The Kier molecular flexibility index (Phi) is 3.51. The lowest BCUT2D eigenvalue weighted by Crippen LogP contribution is -2.19. The van der Waals surface area contributed by atoms with Crippen LogP contribution in [0.5, 0.6) is 0 Å². The van der Waals surface area contributed by atoms with Crippen molar-refractivity contribution < 1.29 is 0 Å². The number of hydrogen-bond acceptors (Lipinski definition) is 2. The van der Waals surface area contributed by atoms with E-state index in [9.17, 15) is 0 Å². The molecule has 0 aliphatic heterocycles. The van der Waals surface area contributed by atoms with Gasteiger partial charge in [-0.25, -0.2) is 0 Å². The summed E-state index contributed by atoms with van der Waals surface area (Å²) in [7, 11) is 0. The summed E-state index contributed by atoms with van der Waals surface area (Å²) in [6, 6.07) is 1.84. The number of aryl methyl sites for hydroxylation is 2. The number of halogens is 1. The molecule has 0 spiro atoms. The molecule has 1 aromatic rings. The van der Waals surface area contributed by atoms with Crippen molar-refractivity contribution >= 4 is 11.6 Å². The second-order valence-electron chi connectivity index (χ2n) is 4.01. The van der Waals surface area contributed by atoms with Crippen molar-refractivity contribution in [1.82, 2.24) is 4.98 Å². The number of pyridine rings is 1. The highest BCUT2D eigenvalue weighted by Gasteiger charge is 2.17. The molecule has 1 heterocycles. The summed E-state index contributed by atoms with van der Waals surface area (Å²) in [5, 5.41) is 0.733. The molecular formula is C11H17ClN2. The number of aromatic nitrogens is 1. The molecule has 78 valence electrons. The van der Waals surface area contributed by atoms with Crippen molar-refractivity contribution in [3.05, 3.63) is 28.0 Å². The fourth-order valence-corrected chi connectivity index (χ4v) is 1.95. The maximum absolute atomic E-state index is 6.15. The highest BCUT2D eigenvalue weighted by atomic mass is 35.5. The van der Waals surface area contributed by atoms with Crippen LogP contribution >= 0.6 is 11.6 Å². The fourth-order valence-electron chi connectivity index (χ4n) is 1.52. The van der Waals surface area contributed by atoms with E-state index in [1.807, 2.05) is 19.9 Å². The third kappa shape index (κ3) is 2.25. The second kappa shape index (κ2) is 4.28. The third-order valence-electron chi connectivity index (χ3n) is 2.38. The van der Waals surface area contributed by atoms with Gasteiger partial charge in [0.2, 0.25) is 0 Å². The van der Waals surface area contributed by atoms with Crippen molar-refractivity contribution in [2.24, 2.45) is 11.7 Å². The second-order valence-corrected chi connectivity index (χ2v) is 4.42. The minimum absolute atomic E-state index is 0.0319. The Morgan fingerprint density at radius 1 is 1.36 bits per heavy atom. The molecule has 2 N–H and O–H groups in total. The van der Waals surface area contributed by atoms with Gasteiger partial charge in [-0.15, -0.1) is 0 Å². The normalized spacial score (nSPS) is 13.4. The molecule has 0 radical (unpaired) electrons. The van der Waals surface area contributed by atoms with Gasteiger partial charge < -0.3 is 5.73 Å². The SMILES string of the molecule is Cc1cc(Cl)c([C@H](N)C(C)C)c(C)n1. The number of rotatable bonds is 2. The van der Waals surface area contributed by atoms with E-state index in [1.165, 1.54) is 0 Å². The molecule has 0 bridgehead atoms. The number of nitrogens with zero attached hydrogens (tertiary/aromatic N) is 1. The van der Waals surface area contributed by atoms with Gasteiger partial charge in [-0.2, -0.15) is 0 Å². The smallest absolute Gasteiger partial charge is 0.0489 e. The Morgan fingerprint density at radius 2 is 1.93 bits per heavy atom. The predicted octanol–water partition coefficient (Wildman–Crippen LogP) is 3.01. The molecule has 0 aliphatic carbocycles. The van der Waals surface area contributed by atoms with E-state index in [1.54, 1.807) is 0 Å². The van der Waals surface area contributed by atoms with Crippen LogP contribution in [0, 0.1) is 19.8 Å². The van der Waals surface area contributed by atoms with Crippen LogP contribution in [-0.2, 0) is 0 Å². The summed E-state index contributed by atoms with van der Waals surface area (Å²) in [5.41, 5.74) is 8.92. The lowest BCUT2D eigenvalue weighted by atomic mass is 9.96. The summed E-state index contributed by atoms with van der Waals surface area (Å²) >= 11 is 6.15. The van der Waals surface area contributed by atoms with Gasteiger partial charge in [-0.05, 0) is 25.8 Å². The molecule has 1 rings (SSSR count). The lowest BCUT2D eigenvalue weighted by Gasteiger charge is -2.19. The first-order chi connectivity index (χ1) is 6.43. The average molecular weight is 213 g/mol. The molecule has 0 fully saturated rings. The largest absolute Gasteiger partial charge is 0.324 e. The highest BCUT2D eigenvalue weighted by Crippen LogP contribution is 2.28. The Labute approximate surface area is 90.5 Å². The molecule has 2 nitrogen and oxygen atoms in total. The average Bonchev–Trinajstić information content (AvgIpc) is 2.01. The first-order valence-corrected chi connectivity index (χ1v) is 5.20. The Hall–Kier alpha value is -0.600. The van der Waals surface area contributed by atoms with Gasteiger partial charge in [0, 0.05) is 28.0 Å². The van der Waals surface area contributed by atoms with Crippen molar-refractivity contribution in [3.63, 3.8) is 0 Å². The van der Waals surface area contributed by atoms with Gasteiger partial charge in [0.1, 0.15) is 0 Å². The van der Waals surface area contributed by atoms with Crippen LogP contribution in [0.2, 0.25) is 5.02 Å². The van der Waals surface area contributed by atoms with E-state index in [0.717, 1.165) is 22.0 Å². The molecule has 0 amide bonds. The quantitative estimate of drug-likeness (QED) is 0.819. The van der Waals surface area contributed by atoms with Gasteiger partial charge in [0.15, 0.2) is 0 Å². The van der Waals surface area contributed by atoms with Crippen LogP contribution in [0.3, 0.4) is 0 Å². The standard InChI is InChI=1S/C11H17ClN2/c1-6(2)11(13)10-8(4)14-7(3)5-9(10)12/h5-6,11H,13H2,1-4H3/t11-/m1/s1. The minimum atomic E-state index is -0.0319. The van der Waals surface area contributed by atoms with Crippen molar-refractivity contribution in [2.75, 3.05) is 0 Å². The molecule has 14 heavy (non-hydrogen) atoms. The van der Waals surface area contributed by atoms with Crippen LogP contribution in [0.25, 0.3) is 0 Å². The molecule has 3 heteroatoms. The number of nitrogens with two attached hydrogens (primary N) is 1. The highest BCUT2D eigenvalue weighted by molar-refractivity contribution is 6.31. The van der Waals surface area contributed by atoms with Gasteiger partial charge in [0.05, 0.1) is 0 Å². The van der Waals surface area contributed by atoms with Crippen LogP contribution < -0.4 is 5.73 Å². The van der Waals surface area contributed by atoms with Crippen LogP contribution in [0.15, 0.2) is 6.07 Å². The Morgan fingerprint density at radius 3 is 2.36 bits per heavy atom. The zero-order chi connectivity index (χ0) is 10.9. The molecule has 1 atom stereocenters. The summed E-state index contributed by atoms with van der Waals surface area (Å²) in [6.45, 7) is 8.06. The van der Waals surface area contributed by atoms with E-state index < -0.39 is 0 Å². The van der Waals surface area contributed by atoms with E-state index in [-0.39, 0.29) is 6.04 Å². The van der Waals surface area contributed by atoms with Crippen molar-refractivity contribution in [3.8, 4) is 0 Å². The van der Waals surface area contributed by atoms with E-state index in [4.69, 9.17) is 17.3 Å². The topological polar surface area (TPSA) is 38.9 Å². The predicted molar refractivity (Wildman–Crippen MR) is 60.5 cm³/mol. The van der Waals surface area contributed by atoms with Gasteiger partial charge in [0.25, 0.3) is 0 Å². The minimum Gasteiger partial charge on any atom is -0.324 e. The van der Waals surface area contributed by atoms with Gasteiger partial charge in [-0.1, -0.05) is 25.4 Å². The summed E-state index contributed by atoms with van der Waals surface area (Å²) in [5.74, 6) is 0.371. The first-order valence-electron chi connectivity index (χ1n) is 4.82. The van der Waals surface area contributed by atoms with Crippen molar-refractivity contribution in [2.45, 2.75) is 33.7 Å². The first kappa shape index (κ1) is 11.5. The molecular weight excluding hydrogens is 196 g/mol. The maximum atomic E-state index is 6.15.